The molecule has 250 valence electrons. The summed E-state index contributed by atoms with van der Waals surface area (Å²) >= 11 is 0. The molecule has 1 aliphatic carbocycles. The van der Waals surface area contributed by atoms with Crippen LogP contribution in [0.25, 0.3) is 22.3 Å². The zero-order valence-corrected chi connectivity index (χ0v) is 25.7. The average molecular weight is 663 g/mol. The van der Waals surface area contributed by atoms with Crippen LogP contribution in [-0.4, -0.2) is 6.36 Å². The van der Waals surface area contributed by atoms with Gasteiger partial charge in [0.2, 0.25) is 0 Å². The lowest BCUT2D eigenvalue weighted by atomic mass is 9.77. The van der Waals surface area contributed by atoms with Crippen LogP contribution in [0.3, 0.4) is 0 Å². The molecule has 0 spiro atoms. The van der Waals surface area contributed by atoms with Crippen LogP contribution in [0.15, 0.2) is 78.9 Å². The fourth-order valence-corrected chi connectivity index (χ4v) is 6.21. The fraction of sp³-hybridized carbons (Fsp3) is 0.351. The minimum Gasteiger partial charge on any atom is -0.429 e. The Morgan fingerprint density at radius 1 is 0.638 bits per heavy atom. The van der Waals surface area contributed by atoms with Gasteiger partial charge >= 0.3 is 12.5 Å². The third-order valence-electron chi connectivity index (χ3n) is 8.71. The number of ether oxygens (including phenoxy) is 2. The molecule has 1 fully saturated rings. The lowest BCUT2D eigenvalue weighted by molar-refractivity contribution is -0.275. The van der Waals surface area contributed by atoms with Crippen LogP contribution < -0.4 is 9.47 Å². The van der Waals surface area contributed by atoms with E-state index in [1.54, 1.807) is 18.2 Å². The number of benzene rings is 4. The first kappa shape index (κ1) is 34.3. The lowest BCUT2D eigenvalue weighted by Gasteiger charge is -2.29. The number of rotatable bonds is 11. The van der Waals surface area contributed by atoms with E-state index in [0.29, 0.717) is 29.7 Å². The van der Waals surface area contributed by atoms with Crippen molar-refractivity contribution in [2.24, 2.45) is 5.92 Å². The summed E-state index contributed by atoms with van der Waals surface area (Å²) in [7, 11) is 0. The van der Waals surface area contributed by atoms with E-state index in [-0.39, 0.29) is 16.7 Å². The van der Waals surface area contributed by atoms with Gasteiger partial charge in [0.15, 0.2) is 11.6 Å². The molecule has 2 nitrogen and oxygen atoms in total. The molecule has 47 heavy (non-hydrogen) atoms. The first-order chi connectivity index (χ1) is 22.3. The van der Waals surface area contributed by atoms with Gasteiger partial charge < -0.3 is 9.47 Å². The molecule has 4 aromatic carbocycles. The molecule has 0 aromatic heterocycles. The van der Waals surface area contributed by atoms with Gasteiger partial charge in [0.25, 0.3) is 0 Å². The van der Waals surface area contributed by atoms with Crippen LogP contribution in [0, 0.1) is 23.4 Å². The van der Waals surface area contributed by atoms with Gasteiger partial charge in [-0.15, -0.1) is 13.2 Å². The number of halogens is 8. The van der Waals surface area contributed by atoms with Crippen molar-refractivity contribution in [2.45, 2.75) is 76.7 Å². The summed E-state index contributed by atoms with van der Waals surface area (Å²) in [5.41, 5.74) is 1.24. The van der Waals surface area contributed by atoms with Crippen LogP contribution in [0.2, 0.25) is 0 Å². The van der Waals surface area contributed by atoms with Crippen molar-refractivity contribution in [3.8, 4) is 33.8 Å². The van der Waals surface area contributed by atoms with Crippen LogP contribution in [0.4, 0.5) is 35.1 Å². The van der Waals surface area contributed by atoms with Crippen molar-refractivity contribution < 1.29 is 44.6 Å². The second-order valence-corrected chi connectivity index (χ2v) is 12.0. The Morgan fingerprint density at radius 3 is 1.89 bits per heavy atom. The van der Waals surface area contributed by atoms with Crippen LogP contribution >= 0.6 is 0 Å². The van der Waals surface area contributed by atoms with Gasteiger partial charge in [0.05, 0.1) is 5.56 Å². The number of unbranched alkanes of at least 4 members (excludes halogenated alkanes) is 2. The molecule has 0 unspecified atom stereocenters. The first-order valence-electron chi connectivity index (χ1n) is 15.7. The van der Waals surface area contributed by atoms with Gasteiger partial charge in [-0.3, -0.25) is 0 Å². The molecular formula is C37H34F8O2. The van der Waals surface area contributed by atoms with Gasteiger partial charge in [-0.2, -0.15) is 8.78 Å². The summed E-state index contributed by atoms with van der Waals surface area (Å²) in [4.78, 5) is 0. The van der Waals surface area contributed by atoms with Crippen molar-refractivity contribution in [3.63, 3.8) is 0 Å². The maximum Gasteiger partial charge on any atom is 0.573 e. The van der Waals surface area contributed by atoms with Crippen molar-refractivity contribution in [1.29, 1.82) is 0 Å². The summed E-state index contributed by atoms with van der Waals surface area (Å²) in [5, 5.41) is 0. The normalized spacial score (nSPS) is 17.0. The molecule has 5 rings (SSSR count). The minimum atomic E-state index is -5.16. The Morgan fingerprint density at radius 2 is 1.28 bits per heavy atom. The highest BCUT2D eigenvalue weighted by molar-refractivity contribution is 5.71. The molecule has 0 radical (unpaired) electrons. The van der Waals surface area contributed by atoms with Crippen LogP contribution in [0.5, 0.6) is 11.5 Å². The predicted molar refractivity (Wildman–Crippen MR) is 164 cm³/mol. The fourth-order valence-electron chi connectivity index (χ4n) is 6.21. The second kappa shape index (κ2) is 14.4. The van der Waals surface area contributed by atoms with E-state index < -0.39 is 47.0 Å². The summed E-state index contributed by atoms with van der Waals surface area (Å²) in [6.45, 7) is 2.20. The molecule has 0 N–H and O–H groups in total. The topological polar surface area (TPSA) is 18.5 Å². The Kier molecular flexibility index (Phi) is 10.5. The zero-order chi connectivity index (χ0) is 33.8. The van der Waals surface area contributed by atoms with E-state index in [4.69, 9.17) is 0 Å². The largest absolute Gasteiger partial charge is 0.573 e. The van der Waals surface area contributed by atoms with Crippen molar-refractivity contribution in [1.82, 2.24) is 0 Å². The maximum atomic E-state index is 15.3. The van der Waals surface area contributed by atoms with Crippen molar-refractivity contribution in [3.05, 3.63) is 107 Å². The van der Waals surface area contributed by atoms with E-state index in [0.717, 1.165) is 49.3 Å². The quantitative estimate of drug-likeness (QED) is 0.118. The number of alkyl halides is 5. The van der Waals surface area contributed by atoms with Gasteiger partial charge in [-0.05, 0) is 90.6 Å². The molecule has 0 aliphatic heterocycles. The average Bonchev–Trinajstić information content (AvgIpc) is 3.02. The molecule has 0 saturated heterocycles. The van der Waals surface area contributed by atoms with E-state index in [9.17, 15) is 26.3 Å². The zero-order valence-electron chi connectivity index (χ0n) is 25.7. The third kappa shape index (κ3) is 8.64. The van der Waals surface area contributed by atoms with E-state index in [2.05, 4.69) is 16.4 Å². The molecule has 1 aliphatic rings. The minimum absolute atomic E-state index is 0.0968. The van der Waals surface area contributed by atoms with Gasteiger partial charge in [-0.25, -0.2) is 13.2 Å². The lowest BCUT2D eigenvalue weighted by Crippen LogP contribution is -2.22. The van der Waals surface area contributed by atoms with Gasteiger partial charge in [0.1, 0.15) is 17.4 Å². The van der Waals surface area contributed by atoms with Gasteiger partial charge in [-0.1, -0.05) is 69.0 Å². The Balaban J connectivity index is 1.24. The molecule has 0 bridgehead atoms. The molecule has 1 saturated carbocycles. The molecule has 0 amide bonds. The molecule has 4 aromatic rings. The summed E-state index contributed by atoms with van der Waals surface area (Å²) in [6, 6.07) is 15.3. The van der Waals surface area contributed by atoms with Crippen molar-refractivity contribution >= 4 is 0 Å². The molecule has 0 heterocycles. The molecular weight excluding hydrogens is 628 g/mol. The predicted octanol–water partition coefficient (Wildman–Crippen LogP) is 12.3. The highest BCUT2D eigenvalue weighted by Crippen LogP contribution is 2.40. The monoisotopic (exact) mass is 662 g/mol. The smallest absolute Gasteiger partial charge is 0.429 e. The standard InChI is InChI=1S/C37H34F8O2/c1-2-3-4-5-23-6-8-24(9-7-23)26-12-17-31(32(38)20-26)27-13-18-30(33(39)21-27)25-10-14-28(15-11-25)36(41,42)46-29-16-19-35(34(40)22-29)47-37(43,44)45/h10-24H,2-9H2,1H3. The summed E-state index contributed by atoms with van der Waals surface area (Å²) in [5.74, 6) is -3.55. The summed E-state index contributed by atoms with van der Waals surface area (Å²) in [6.07, 6.45) is 0.174. The van der Waals surface area contributed by atoms with Gasteiger partial charge in [0, 0.05) is 17.2 Å². The second-order valence-electron chi connectivity index (χ2n) is 12.0. The number of hydrogen-bond acceptors (Lipinski definition) is 2. The van der Waals surface area contributed by atoms with Crippen LogP contribution in [-0.2, 0) is 6.11 Å². The Hall–Kier alpha value is -4.08. The first-order valence-corrected chi connectivity index (χ1v) is 15.7. The number of hydrogen-bond donors (Lipinski definition) is 0. The van der Waals surface area contributed by atoms with E-state index in [1.165, 1.54) is 49.9 Å². The Bertz CT molecular complexity index is 1660. The highest BCUT2D eigenvalue weighted by Gasteiger charge is 2.36. The summed E-state index contributed by atoms with van der Waals surface area (Å²) < 4.78 is 119. The van der Waals surface area contributed by atoms with Crippen molar-refractivity contribution in [2.75, 3.05) is 0 Å². The SMILES string of the molecule is CCCCCC1CCC(c2ccc(-c3ccc(-c4ccc(C(F)(F)Oc5ccc(OC(F)(F)F)c(F)c5)cc4)c(F)c3)c(F)c2)CC1. The highest BCUT2D eigenvalue weighted by atomic mass is 19.4. The van der Waals surface area contributed by atoms with E-state index >= 15 is 8.78 Å². The molecule has 0 atom stereocenters. The maximum absolute atomic E-state index is 15.3. The molecule has 10 heteroatoms. The van der Waals surface area contributed by atoms with Crippen LogP contribution in [0.1, 0.15) is 75.3 Å². The third-order valence-corrected chi connectivity index (χ3v) is 8.71. The Labute approximate surface area is 268 Å². The van der Waals surface area contributed by atoms with E-state index in [1.807, 2.05) is 6.07 Å².